The van der Waals surface area contributed by atoms with Gasteiger partial charge in [0, 0.05) is 92.8 Å². The van der Waals surface area contributed by atoms with E-state index in [0.717, 1.165) is 104 Å². The third-order valence-corrected chi connectivity index (χ3v) is 9.19. The molecule has 0 unspecified atom stereocenters. The van der Waals surface area contributed by atoms with Crippen molar-refractivity contribution in [3.8, 4) is 22.8 Å². The lowest BCUT2D eigenvalue weighted by Crippen LogP contribution is -2.45. The van der Waals surface area contributed by atoms with Gasteiger partial charge in [-0.05, 0) is 68.2 Å². The Bertz CT molecular complexity index is 1920. The Morgan fingerprint density at radius 2 is 1.35 bits per heavy atom. The number of rotatable bonds is 12. The summed E-state index contributed by atoms with van der Waals surface area (Å²) in [6.07, 6.45) is 8.15. The number of likely N-dealkylation sites (N-methyl/N-ethyl adjacent to an activating group) is 2. The third-order valence-electron chi connectivity index (χ3n) is 9.19. The zero-order valence-corrected chi connectivity index (χ0v) is 26.7. The molecule has 7 heterocycles. The van der Waals surface area contributed by atoms with Gasteiger partial charge in [-0.1, -0.05) is 6.07 Å². The number of pyridine rings is 2. The second-order valence-electron chi connectivity index (χ2n) is 12.5. The molecule has 2 N–H and O–H groups in total. The molecule has 1 saturated heterocycles. The lowest BCUT2D eigenvalue weighted by Gasteiger charge is -2.32. The van der Waals surface area contributed by atoms with Crippen molar-refractivity contribution in [1.29, 1.82) is 0 Å². The van der Waals surface area contributed by atoms with E-state index in [-0.39, 0.29) is 13.2 Å². The van der Waals surface area contributed by atoms with E-state index in [9.17, 15) is 10.2 Å². The molecule has 240 valence electrons. The molecular weight excluding hydrogens is 578 g/mol. The van der Waals surface area contributed by atoms with E-state index in [2.05, 4.69) is 68.1 Å². The van der Waals surface area contributed by atoms with Crippen molar-refractivity contribution in [3.05, 3.63) is 96.1 Å². The molecule has 0 radical (unpaired) electrons. The minimum atomic E-state index is -0.0366. The number of aliphatic hydroxyl groups is 2. The van der Waals surface area contributed by atoms with Crippen LogP contribution in [0.5, 0.6) is 0 Å². The highest BCUT2D eigenvalue weighted by Crippen LogP contribution is 2.28. The van der Waals surface area contributed by atoms with Gasteiger partial charge in [0.05, 0.1) is 37.7 Å². The minimum absolute atomic E-state index is 0.0274. The summed E-state index contributed by atoms with van der Waals surface area (Å²) in [7, 11) is 4.30. The highest BCUT2D eigenvalue weighted by atomic mass is 16.3. The van der Waals surface area contributed by atoms with Gasteiger partial charge >= 0.3 is 0 Å². The zero-order valence-electron chi connectivity index (χ0n) is 26.7. The van der Waals surface area contributed by atoms with E-state index in [4.69, 9.17) is 10.2 Å². The number of hydrogen-bond acceptors (Lipinski definition) is 7. The van der Waals surface area contributed by atoms with Gasteiger partial charge in [0.2, 0.25) is 0 Å². The maximum Gasteiger partial charge on any atom is 0.109 e. The van der Waals surface area contributed by atoms with Gasteiger partial charge in [0.15, 0.2) is 0 Å². The van der Waals surface area contributed by atoms with Crippen LogP contribution in [-0.2, 0) is 32.8 Å². The summed E-state index contributed by atoms with van der Waals surface area (Å²) in [6, 6.07) is 18.5. The van der Waals surface area contributed by atoms with Gasteiger partial charge in [0.25, 0.3) is 0 Å². The first-order valence-corrected chi connectivity index (χ1v) is 16.1. The van der Waals surface area contributed by atoms with E-state index in [0.29, 0.717) is 0 Å². The SMILES string of the molecule is CN1CCN(CCn2ccc(-c3c(CO)cc4cc(CN(C)CCn5ccc(-c6c(CO)cc7ccccn67)n5)ccn34)n2)CC1. The van der Waals surface area contributed by atoms with E-state index < -0.39 is 0 Å². The fourth-order valence-electron chi connectivity index (χ4n) is 6.58. The normalized spacial score (nSPS) is 14.8. The van der Waals surface area contributed by atoms with Gasteiger partial charge in [-0.2, -0.15) is 10.2 Å². The Morgan fingerprint density at radius 1 is 0.696 bits per heavy atom. The molecule has 0 atom stereocenters. The summed E-state index contributed by atoms with van der Waals surface area (Å²) in [5.41, 5.74) is 8.66. The second kappa shape index (κ2) is 13.2. The average molecular weight is 622 g/mol. The first kappa shape index (κ1) is 30.4. The molecule has 0 saturated carbocycles. The smallest absolute Gasteiger partial charge is 0.109 e. The van der Waals surface area contributed by atoms with Gasteiger partial charge in [-0.25, -0.2) is 0 Å². The highest BCUT2D eigenvalue weighted by molar-refractivity contribution is 5.70. The molecule has 0 spiro atoms. The van der Waals surface area contributed by atoms with Crippen molar-refractivity contribution < 1.29 is 10.2 Å². The van der Waals surface area contributed by atoms with Crippen LogP contribution in [0.1, 0.15) is 16.7 Å². The van der Waals surface area contributed by atoms with E-state index in [1.807, 2.05) is 58.3 Å². The molecule has 0 aromatic carbocycles. The first-order valence-electron chi connectivity index (χ1n) is 16.1. The van der Waals surface area contributed by atoms with E-state index in [1.165, 1.54) is 5.56 Å². The Labute approximate surface area is 269 Å². The molecule has 1 aliphatic rings. The Balaban J connectivity index is 0.996. The molecule has 11 nitrogen and oxygen atoms in total. The van der Waals surface area contributed by atoms with Crippen LogP contribution in [-0.4, -0.2) is 107 Å². The molecule has 0 amide bonds. The van der Waals surface area contributed by atoms with Crippen LogP contribution in [0, 0.1) is 0 Å². The number of piperazine rings is 1. The maximum absolute atomic E-state index is 10.2. The molecule has 7 rings (SSSR count). The summed E-state index contributed by atoms with van der Waals surface area (Å²) in [5.74, 6) is 0. The molecule has 0 aliphatic carbocycles. The van der Waals surface area contributed by atoms with Crippen molar-refractivity contribution in [2.24, 2.45) is 0 Å². The van der Waals surface area contributed by atoms with Gasteiger partial charge < -0.3 is 28.8 Å². The monoisotopic (exact) mass is 621 g/mol. The van der Waals surface area contributed by atoms with Crippen LogP contribution >= 0.6 is 0 Å². The van der Waals surface area contributed by atoms with Crippen LogP contribution in [0.15, 0.2) is 79.4 Å². The predicted octanol–water partition coefficient (Wildman–Crippen LogP) is 3.28. The summed E-state index contributed by atoms with van der Waals surface area (Å²) in [5, 5.41) is 29.9. The van der Waals surface area contributed by atoms with Crippen LogP contribution in [0.25, 0.3) is 33.8 Å². The summed E-state index contributed by atoms with van der Waals surface area (Å²) >= 11 is 0. The fraction of sp³-hybridized carbons (Fsp3) is 0.371. The van der Waals surface area contributed by atoms with Gasteiger partial charge in [0.1, 0.15) is 11.4 Å². The summed E-state index contributed by atoms with van der Waals surface area (Å²) < 4.78 is 8.21. The fourth-order valence-corrected chi connectivity index (χ4v) is 6.58. The summed E-state index contributed by atoms with van der Waals surface area (Å²) in [4.78, 5) is 7.16. The Hall–Kier alpha value is -4.26. The molecule has 11 heteroatoms. The predicted molar refractivity (Wildman–Crippen MR) is 179 cm³/mol. The Kier molecular flexibility index (Phi) is 8.74. The molecular formula is C35H43N9O2. The lowest BCUT2D eigenvalue weighted by molar-refractivity contribution is 0.149. The number of fused-ring (bicyclic) bond motifs is 2. The largest absolute Gasteiger partial charge is 0.392 e. The molecule has 1 aliphatic heterocycles. The van der Waals surface area contributed by atoms with Gasteiger partial charge in [-0.15, -0.1) is 0 Å². The topological polar surface area (TPSA) is 94.6 Å². The standard InChI is InChI=1S/C35H43N9O2/c1-38-13-16-40(17-14-38)18-20-42-11-8-33(37-42)35-29(26-46)23-31-21-27(6-12-44(31)35)24-39(2)15-19-41-10-7-32(36-41)34-28(25-45)22-30-5-3-4-9-43(30)34/h3-12,21-23,45-46H,13-20,24-26H2,1-2H3. The van der Waals surface area contributed by atoms with Crippen LogP contribution < -0.4 is 0 Å². The lowest BCUT2D eigenvalue weighted by atomic mass is 10.2. The molecule has 0 bridgehead atoms. The highest BCUT2D eigenvalue weighted by Gasteiger charge is 2.18. The van der Waals surface area contributed by atoms with E-state index in [1.54, 1.807) is 0 Å². The van der Waals surface area contributed by atoms with Crippen LogP contribution in [0.3, 0.4) is 0 Å². The molecule has 46 heavy (non-hydrogen) atoms. The van der Waals surface area contributed by atoms with Crippen molar-refractivity contribution in [2.75, 3.05) is 53.4 Å². The zero-order chi connectivity index (χ0) is 31.6. The minimum Gasteiger partial charge on any atom is -0.392 e. The molecule has 6 aromatic rings. The Morgan fingerprint density at radius 3 is 2.04 bits per heavy atom. The van der Waals surface area contributed by atoms with Crippen molar-refractivity contribution in [3.63, 3.8) is 0 Å². The van der Waals surface area contributed by atoms with E-state index >= 15 is 0 Å². The number of aromatic nitrogens is 6. The van der Waals surface area contributed by atoms with Crippen LogP contribution in [0.4, 0.5) is 0 Å². The van der Waals surface area contributed by atoms with Crippen molar-refractivity contribution in [1.82, 2.24) is 43.1 Å². The third kappa shape index (κ3) is 6.24. The van der Waals surface area contributed by atoms with Gasteiger partial charge in [-0.3, -0.25) is 14.3 Å². The van der Waals surface area contributed by atoms with Crippen molar-refractivity contribution >= 4 is 11.0 Å². The van der Waals surface area contributed by atoms with Crippen molar-refractivity contribution in [2.45, 2.75) is 32.8 Å². The quantitative estimate of drug-likeness (QED) is 0.217. The number of nitrogens with zero attached hydrogens (tertiary/aromatic N) is 9. The number of aliphatic hydroxyl groups excluding tert-OH is 2. The molecule has 6 aromatic heterocycles. The average Bonchev–Trinajstić information content (AvgIpc) is 3.87. The summed E-state index contributed by atoms with van der Waals surface area (Å²) in [6.45, 7) is 8.57. The second-order valence-corrected chi connectivity index (χ2v) is 12.5. The van der Waals surface area contributed by atoms with Crippen LogP contribution in [0.2, 0.25) is 0 Å². The maximum atomic E-state index is 10.2. The first-order chi connectivity index (χ1) is 22.5. The number of hydrogen-bond donors (Lipinski definition) is 2. The molecule has 1 fully saturated rings.